The second-order valence-corrected chi connectivity index (χ2v) is 7.00. The molecule has 1 heterocycles. The van der Waals surface area contributed by atoms with Gasteiger partial charge in [0.25, 0.3) is 5.91 Å². The molecule has 2 amide bonds. The maximum absolute atomic E-state index is 12.8. The number of aryl methyl sites for hydroxylation is 2. The highest BCUT2D eigenvalue weighted by atomic mass is 32.1. The number of hydrogen-bond acceptors (Lipinski definition) is 4. The third kappa shape index (κ3) is 5.98. The van der Waals surface area contributed by atoms with E-state index in [1.807, 2.05) is 43.5 Å². The second-order valence-electron chi connectivity index (χ2n) is 6.14. The number of nitrogens with zero attached hydrogens (tertiary/aromatic N) is 2. The Labute approximate surface area is 153 Å². The molecule has 0 fully saturated rings. The lowest BCUT2D eigenvalue weighted by atomic mass is 10.1. The summed E-state index contributed by atoms with van der Waals surface area (Å²) in [5, 5.41) is 5.22. The molecule has 134 valence electrons. The monoisotopic (exact) mass is 359 g/mol. The number of amides is 2. The number of nitrogens with one attached hydrogen (secondary N) is 1. The van der Waals surface area contributed by atoms with Crippen LogP contribution in [0.25, 0.3) is 0 Å². The molecule has 6 heteroatoms. The fraction of sp³-hybridized carbons (Fsp3) is 0.421. The summed E-state index contributed by atoms with van der Waals surface area (Å²) in [6.07, 6.45) is 2.99. The van der Waals surface area contributed by atoms with E-state index in [-0.39, 0.29) is 18.4 Å². The van der Waals surface area contributed by atoms with E-state index >= 15 is 0 Å². The Balaban J connectivity index is 2.04. The number of carbonyl (C=O) groups excluding carboxylic acids is 2. The van der Waals surface area contributed by atoms with Crippen molar-refractivity contribution < 1.29 is 9.59 Å². The average Bonchev–Trinajstić information content (AvgIpc) is 2.99. The number of thiazole rings is 1. The first-order chi connectivity index (χ1) is 12.0. The van der Waals surface area contributed by atoms with E-state index < -0.39 is 0 Å². The minimum absolute atomic E-state index is 0.0368. The predicted octanol–water partition coefficient (Wildman–Crippen LogP) is 4.03. The number of benzene rings is 1. The molecule has 0 aliphatic rings. The van der Waals surface area contributed by atoms with Crippen molar-refractivity contribution in [3.8, 4) is 0 Å². The summed E-state index contributed by atoms with van der Waals surface area (Å²) in [5.41, 5.74) is 2.58. The van der Waals surface area contributed by atoms with Crippen molar-refractivity contribution in [2.75, 3.05) is 18.4 Å². The summed E-state index contributed by atoms with van der Waals surface area (Å²) >= 11 is 1.39. The largest absolute Gasteiger partial charge is 0.329 e. The molecule has 0 saturated carbocycles. The smallest absolute Gasteiger partial charge is 0.254 e. The van der Waals surface area contributed by atoms with Gasteiger partial charge in [0, 0.05) is 17.5 Å². The fourth-order valence-corrected chi connectivity index (χ4v) is 3.13. The minimum Gasteiger partial charge on any atom is -0.329 e. The Hall–Kier alpha value is -2.21. The van der Waals surface area contributed by atoms with Gasteiger partial charge < -0.3 is 10.2 Å². The Morgan fingerprint density at radius 1 is 1.16 bits per heavy atom. The molecular weight excluding hydrogens is 334 g/mol. The van der Waals surface area contributed by atoms with Crippen molar-refractivity contribution in [3.05, 3.63) is 46.5 Å². The molecule has 0 radical (unpaired) electrons. The highest BCUT2D eigenvalue weighted by Gasteiger charge is 2.19. The molecule has 1 N–H and O–H groups in total. The highest BCUT2D eigenvalue weighted by Crippen LogP contribution is 2.15. The topological polar surface area (TPSA) is 62.3 Å². The Morgan fingerprint density at radius 3 is 2.48 bits per heavy atom. The lowest BCUT2D eigenvalue weighted by Crippen LogP contribution is -2.38. The van der Waals surface area contributed by atoms with Crippen molar-refractivity contribution in [1.82, 2.24) is 9.88 Å². The lowest BCUT2D eigenvalue weighted by Gasteiger charge is -2.22. The molecule has 0 bridgehead atoms. The Morgan fingerprint density at radius 2 is 1.88 bits per heavy atom. The molecule has 0 saturated heterocycles. The third-order valence-electron chi connectivity index (χ3n) is 3.82. The van der Waals surface area contributed by atoms with Gasteiger partial charge in [-0.1, -0.05) is 37.5 Å². The normalized spacial score (nSPS) is 10.5. The fourth-order valence-electron chi connectivity index (χ4n) is 2.43. The number of unbranched alkanes of at least 4 members (excludes halogenated alkanes) is 2. The maximum atomic E-state index is 12.8. The van der Waals surface area contributed by atoms with E-state index in [4.69, 9.17) is 0 Å². The van der Waals surface area contributed by atoms with E-state index in [1.54, 1.807) is 4.90 Å². The van der Waals surface area contributed by atoms with Crippen molar-refractivity contribution in [2.45, 2.75) is 40.0 Å². The van der Waals surface area contributed by atoms with Gasteiger partial charge in [-0.15, -0.1) is 11.3 Å². The van der Waals surface area contributed by atoms with Gasteiger partial charge in [0.1, 0.15) is 6.54 Å². The molecule has 1 aromatic carbocycles. The van der Waals surface area contributed by atoms with Crippen molar-refractivity contribution in [1.29, 1.82) is 0 Å². The number of rotatable bonds is 8. The van der Waals surface area contributed by atoms with Crippen LogP contribution in [0.4, 0.5) is 5.13 Å². The molecule has 0 aliphatic heterocycles. The van der Waals surface area contributed by atoms with Gasteiger partial charge in [0.2, 0.25) is 5.91 Å². The maximum Gasteiger partial charge on any atom is 0.254 e. The van der Waals surface area contributed by atoms with Gasteiger partial charge in [-0.3, -0.25) is 9.59 Å². The second kappa shape index (κ2) is 9.32. The van der Waals surface area contributed by atoms with Gasteiger partial charge in [-0.05, 0) is 32.4 Å². The number of hydrogen-bond donors (Lipinski definition) is 1. The van der Waals surface area contributed by atoms with Gasteiger partial charge in [-0.2, -0.15) is 0 Å². The lowest BCUT2D eigenvalue weighted by molar-refractivity contribution is -0.116. The zero-order chi connectivity index (χ0) is 18.2. The first-order valence-electron chi connectivity index (χ1n) is 8.57. The Bertz CT molecular complexity index is 710. The summed E-state index contributed by atoms with van der Waals surface area (Å²) in [6, 6.07) is 7.45. The predicted molar refractivity (Wildman–Crippen MR) is 102 cm³/mol. The minimum atomic E-state index is -0.216. The first kappa shape index (κ1) is 19.1. The highest BCUT2D eigenvalue weighted by molar-refractivity contribution is 7.13. The molecule has 0 atom stereocenters. The van der Waals surface area contributed by atoms with Crippen LogP contribution in [0.5, 0.6) is 0 Å². The van der Waals surface area contributed by atoms with E-state index in [9.17, 15) is 9.59 Å². The van der Waals surface area contributed by atoms with Crippen LogP contribution in [0.1, 0.15) is 47.8 Å². The quantitative estimate of drug-likeness (QED) is 0.724. The van der Waals surface area contributed by atoms with E-state index in [2.05, 4.69) is 17.2 Å². The molecule has 25 heavy (non-hydrogen) atoms. The third-order valence-corrected chi connectivity index (χ3v) is 4.69. The molecule has 1 aromatic heterocycles. The molecule has 2 aromatic rings. The van der Waals surface area contributed by atoms with Gasteiger partial charge in [0.15, 0.2) is 5.13 Å². The van der Waals surface area contributed by atoms with Crippen LogP contribution in [0, 0.1) is 13.8 Å². The zero-order valence-corrected chi connectivity index (χ0v) is 15.9. The molecular formula is C19H25N3O2S. The molecule has 0 unspecified atom stereocenters. The number of anilines is 1. The van der Waals surface area contributed by atoms with E-state index in [0.29, 0.717) is 17.2 Å². The molecule has 2 rings (SSSR count). The molecule has 0 aliphatic carbocycles. The first-order valence-corrected chi connectivity index (χ1v) is 9.45. The average molecular weight is 359 g/mol. The molecule has 5 nitrogen and oxygen atoms in total. The summed E-state index contributed by atoms with van der Waals surface area (Å²) in [6.45, 7) is 6.59. The van der Waals surface area contributed by atoms with Crippen molar-refractivity contribution in [3.63, 3.8) is 0 Å². The standard InChI is InChI=1S/C19H25N3O2S/c1-4-5-6-11-22(18(24)16-9-7-14(2)8-10-16)12-17(23)21-19-20-15(3)13-25-19/h7-10,13H,4-6,11-12H2,1-3H3,(H,20,21,23). The Kier molecular flexibility index (Phi) is 7.13. The summed E-state index contributed by atoms with van der Waals surface area (Å²) in [4.78, 5) is 30.9. The summed E-state index contributed by atoms with van der Waals surface area (Å²) in [5.74, 6) is -0.326. The van der Waals surface area contributed by atoms with Crippen molar-refractivity contribution >= 4 is 28.3 Å². The number of aromatic nitrogens is 1. The van der Waals surface area contributed by atoms with E-state index in [1.165, 1.54) is 11.3 Å². The van der Waals surface area contributed by atoms with Crippen LogP contribution in [0.15, 0.2) is 29.6 Å². The van der Waals surface area contributed by atoms with Crippen LogP contribution in [-0.4, -0.2) is 34.8 Å². The summed E-state index contributed by atoms with van der Waals surface area (Å²) < 4.78 is 0. The molecule has 0 spiro atoms. The van der Waals surface area contributed by atoms with Crippen LogP contribution < -0.4 is 5.32 Å². The van der Waals surface area contributed by atoms with Crippen molar-refractivity contribution in [2.24, 2.45) is 0 Å². The van der Waals surface area contributed by atoms with Crippen LogP contribution >= 0.6 is 11.3 Å². The van der Waals surface area contributed by atoms with Crippen LogP contribution in [0.2, 0.25) is 0 Å². The summed E-state index contributed by atoms with van der Waals surface area (Å²) in [7, 11) is 0. The van der Waals surface area contributed by atoms with Crippen LogP contribution in [-0.2, 0) is 4.79 Å². The number of carbonyl (C=O) groups is 2. The zero-order valence-electron chi connectivity index (χ0n) is 15.0. The van der Waals surface area contributed by atoms with Gasteiger partial charge in [-0.25, -0.2) is 4.98 Å². The van der Waals surface area contributed by atoms with Crippen LogP contribution in [0.3, 0.4) is 0 Å². The van der Waals surface area contributed by atoms with E-state index in [0.717, 1.165) is 30.5 Å². The van der Waals surface area contributed by atoms with Gasteiger partial charge in [0.05, 0.1) is 5.69 Å². The van der Waals surface area contributed by atoms with Gasteiger partial charge >= 0.3 is 0 Å². The SMILES string of the molecule is CCCCCN(CC(=O)Nc1nc(C)cs1)C(=O)c1ccc(C)cc1.